The Morgan fingerprint density at radius 1 is 1.11 bits per heavy atom. The number of ketones is 1. The fourth-order valence-electron chi connectivity index (χ4n) is 5.06. The van der Waals surface area contributed by atoms with Crippen LogP contribution in [0.25, 0.3) is 0 Å². The topological polar surface area (TPSA) is 83.8 Å². The number of urea groups is 1. The Kier molecular flexibility index (Phi) is 5.84. The second-order valence-corrected chi connectivity index (χ2v) is 9.73. The number of allylic oxidation sites excluding steroid dienone is 1. The van der Waals surface area contributed by atoms with E-state index in [-0.39, 0.29) is 23.8 Å². The number of nitrogens with one attached hydrogen (secondary N) is 2. The molecule has 2 amide bonds. The summed E-state index contributed by atoms with van der Waals surface area (Å²) in [6.07, 6.45) is 2.66. The summed E-state index contributed by atoms with van der Waals surface area (Å²) in [6, 6.07) is 17.8. The Labute approximate surface area is 204 Å². The molecule has 2 aliphatic rings. The number of Topliss-reactive ketones (excluding diaryl/α,β-unsaturated/α-hetero) is 1. The molecule has 0 spiro atoms. The van der Waals surface area contributed by atoms with Crippen LogP contribution >= 0.6 is 0 Å². The van der Waals surface area contributed by atoms with Gasteiger partial charge in [-0.25, -0.2) is 4.79 Å². The number of benzene rings is 2. The number of carbonyl (C=O) groups is 2. The largest absolute Gasteiger partial charge is 0.496 e. The molecule has 5 rings (SSSR count). The summed E-state index contributed by atoms with van der Waals surface area (Å²) in [4.78, 5) is 29.3. The predicted molar refractivity (Wildman–Crippen MR) is 134 cm³/mol. The first-order valence-electron chi connectivity index (χ1n) is 11.7. The van der Waals surface area contributed by atoms with Crippen LogP contribution in [-0.2, 0) is 11.3 Å². The number of para-hydroxylation sites is 3. The van der Waals surface area contributed by atoms with Crippen molar-refractivity contribution in [3.8, 4) is 5.75 Å². The highest BCUT2D eigenvalue weighted by molar-refractivity contribution is 6.06. The van der Waals surface area contributed by atoms with Crippen LogP contribution in [0.3, 0.4) is 0 Å². The molecule has 0 bridgehead atoms. The van der Waals surface area contributed by atoms with Crippen LogP contribution in [0.15, 0.2) is 82.6 Å². The zero-order valence-corrected chi connectivity index (χ0v) is 20.1. The summed E-state index contributed by atoms with van der Waals surface area (Å²) in [5, 5.41) is 6.50. The number of furan rings is 1. The van der Waals surface area contributed by atoms with Gasteiger partial charge in [0.15, 0.2) is 5.78 Å². The predicted octanol–water partition coefficient (Wildman–Crippen LogP) is 5.81. The summed E-state index contributed by atoms with van der Waals surface area (Å²) in [6.45, 7) is 4.42. The van der Waals surface area contributed by atoms with E-state index in [1.165, 1.54) is 0 Å². The fourth-order valence-corrected chi connectivity index (χ4v) is 5.06. The van der Waals surface area contributed by atoms with E-state index in [0.717, 1.165) is 16.9 Å². The van der Waals surface area contributed by atoms with Crippen molar-refractivity contribution in [2.45, 2.75) is 39.3 Å². The van der Waals surface area contributed by atoms with Crippen LogP contribution in [0.4, 0.5) is 16.2 Å². The van der Waals surface area contributed by atoms with Gasteiger partial charge in [-0.1, -0.05) is 44.2 Å². The Balaban J connectivity index is 1.70. The summed E-state index contributed by atoms with van der Waals surface area (Å²) < 4.78 is 11.1. The minimum atomic E-state index is -0.669. The van der Waals surface area contributed by atoms with Crippen molar-refractivity contribution in [3.05, 3.63) is 89.5 Å². The van der Waals surface area contributed by atoms with Gasteiger partial charge in [-0.15, -0.1) is 0 Å². The first-order valence-corrected chi connectivity index (χ1v) is 11.7. The Bertz CT molecular complexity index is 1290. The van der Waals surface area contributed by atoms with E-state index in [2.05, 4.69) is 24.5 Å². The lowest BCUT2D eigenvalue weighted by Gasteiger charge is -2.37. The van der Waals surface area contributed by atoms with Crippen molar-refractivity contribution in [3.63, 3.8) is 0 Å². The third kappa shape index (κ3) is 4.30. The molecule has 1 aromatic heterocycles. The highest BCUT2D eigenvalue weighted by atomic mass is 16.5. The lowest BCUT2D eigenvalue weighted by Crippen LogP contribution is -2.44. The number of amides is 2. The molecule has 1 atom stereocenters. The molecule has 35 heavy (non-hydrogen) atoms. The zero-order chi connectivity index (χ0) is 24.6. The van der Waals surface area contributed by atoms with E-state index < -0.39 is 6.04 Å². The molecule has 180 valence electrons. The molecule has 2 N–H and O–H groups in total. The van der Waals surface area contributed by atoms with Crippen LogP contribution in [-0.4, -0.2) is 18.9 Å². The van der Waals surface area contributed by atoms with E-state index in [1.807, 2.05) is 54.6 Å². The second-order valence-electron chi connectivity index (χ2n) is 9.73. The van der Waals surface area contributed by atoms with Gasteiger partial charge < -0.3 is 19.8 Å². The number of ether oxygens (including phenoxy) is 1. The summed E-state index contributed by atoms with van der Waals surface area (Å²) in [5.41, 5.74) is 3.45. The van der Waals surface area contributed by atoms with E-state index in [9.17, 15) is 9.59 Å². The average molecular weight is 472 g/mol. The van der Waals surface area contributed by atoms with Crippen LogP contribution in [0.5, 0.6) is 5.75 Å². The number of methoxy groups -OCH3 is 1. The highest BCUT2D eigenvalue weighted by Gasteiger charge is 2.44. The quantitative estimate of drug-likeness (QED) is 0.501. The number of carbonyl (C=O) groups excluding carboxylic acids is 2. The molecule has 2 aromatic carbocycles. The molecular weight excluding hydrogens is 442 g/mol. The Hall–Kier alpha value is -4.00. The van der Waals surface area contributed by atoms with Crippen LogP contribution in [0.1, 0.15) is 44.1 Å². The van der Waals surface area contributed by atoms with Crippen LogP contribution in [0.2, 0.25) is 0 Å². The highest BCUT2D eigenvalue weighted by Crippen LogP contribution is 2.49. The molecular formula is C28H29N3O4. The van der Waals surface area contributed by atoms with Crippen molar-refractivity contribution in [2.24, 2.45) is 5.41 Å². The van der Waals surface area contributed by atoms with Crippen molar-refractivity contribution >= 4 is 23.2 Å². The van der Waals surface area contributed by atoms with Gasteiger partial charge in [-0.05, 0) is 42.2 Å². The SMILES string of the molecule is COc1ccccc1C1C2=C(CC(C)(C)CC2=O)Nc2ccccc2N1C(=O)NCc1ccco1. The number of fused-ring (bicyclic) bond motifs is 1. The monoisotopic (exact) mass is 471 g/mol. The van der Waals surface area contributed by atoms with Crippen molar-refractivity contribution in [1.29, 1.82) is 0 Å². The van der Waals surface area contributed by atoms with Crippen molar-refractivity contribution in [2.75, 3.05) is 17.3 Å². The minimum absolute atomic E-state index is 0.0243. The lowest BCUT2D eigenvalue weighted by atomic mass is 9.73. The first kappa shape index (κ1) is 22.8. The third-order valence-corrected chi connectivity index (χ3v) is 6.55. The number of hydrogen-bond acceptors (Lipinski definition) is 5. The molecule has 0 saturated heterocycles. The van der Waals surface area contributed by atoms with Gasteiger partial charge in [0, 0.05) is 23.3 Å². The summed E-state index contributed by atoms with van der Waals surface area (Å²) >= 11 is 0. The Morgan fingerprint density at radius 3 is 2.66 bits per heavy atom. The van der Waals surface area contributed by atoms with Crippen molar-refractivity contribution in [1.82, 2.24) is 5.32 Å². The summed E-state index contributed by atoms with van der Waals surface area (Å²) in [7, 11) is 1.60. The fraction of sp³-hybridized carbons (Fsp3) is 0.286. The molecule has 1 aliphatic heterocycles. The number of anilines is 2. The van der Waals surface area contributed by atoms with Gasteiger partial charge in [0.05, 0.1) is 37.3 Å². The zero-order valence-electron chi connectivity index (χ0n) is 20.1. The molecule has 2 heterocycles. The smallest absolute Gasteiger partial charge is 0.323 e. The van der Waals surface area contributed by atoms with E-state index in [1.54, 1.807) is 24.3 Å². The molecule has 3 aromatic rings. The first-order chi connectivity index (χ1) is 16.9. The normalized spacial score (nSPS) is 18.8. The van der Waals surface area contributed by atoms with Gasteiger partial charge in [0.2, 0.25) is 0 Å². The molecule has 7 nitrogen and oxygen atoms in total. The van der Waals surface area contributed by atoms with Crippen LogP contribution < -0.4 is 20.3 Å². The third-order valence-electron chi connectivity index (χ3n) is 6.55. The number of rotatable bonds is 4. The second kappa shape index (κ2) is 8.98. The average Bonchev–Trinajstić information content (AvgIpc) is 3.30. The summed E-state index contributed by atoms with van der Waals surface area (Å²) in [5.74, 6) is 1.28. The van der Waals surface area contributed by atoms with Gasteiger partial charge in [-0.2, -0.15) is 0 Å². The van der Waals surface area contributed by atoms with Gasteiger partial charge in [0.25, 0.3) is 0 Å². The lowest BCUT2D eigenvalue weighted by molar-refractivity contribution is -0.118. The van der Waals surface area contributed by atoms with E-state index in [4.69, 9.17) is 9.15 Å². The van der Waals surface area contributed by atoms with E-state index in [0.29, 0.717) is 35.6 Å². The van der Waals surface area contributed by atoms with Crippen molar-refractivity contribution < 1.29 is 18.7 Å². The standard InChI is InChI=1S/C28H29N3O4/c1-28(2)15-21-25(23(32)16-28)26(19-10-4-7-13-24(19)34-3)31(22-12-6-5-11-20(22)30-21)27(33)29-17-18-9-8-14-35-18/h4-14,26,30H,15-17H2,1-3H3,(H,29,33). The number of nitrogens with zero attached hydrogens (tertiary/aromatic N) is 1. The molecule has 0 saturated carbocycles. The van der Waals surface area contributed by atoms with Gasteiger partial charge >= 0.3 is 6.03 Å². The van der Waals surface area contributed by atoms with Gasteiger partial charge in [-0.3, -0.25) is 9.69 Å². The molecule has 1 unspecified atom stereocenters. The molecule has 1 aliphatic carbocycles. The van der Waals surface area contributed by atoms with Gasteiger partial charge in [0.1, 0.15) is 11.5 Å². The molecule has 7 heteroatoms. The minimum Gasteiger partial charge on any atom is -0.496 e. The Morgan fingerprint density at radius 2 is 1.89 bits per heavy atom. The maximum Gasteiger partial charge on any atom is 0.323 e. The van der Waals surface area contributed by atoms with E-state index >= 15 is 0 Å². The van der Waals surface area contributed by atoms with Crippen LogP contribution in [0, 0.1) is 5.41 Å². The molecule has 0 radical (unpaired) electrons. The molecule has 0 fully saturated rings. The maximum atomic E-state index is 13.9. The number of hydrogen-bond donors (Lipinski definition) is 2. The maximum absolute atomic E-state index is 13.9.